The Kier molecular flexibility index (Phi) is 6.38. The summed E-state index contributed by atoms with van der Waals surface area (Å²) in [6.07, 6.45) is 10.6. The van der Waals surface area contributed by atoms with Crippen LogP contribution in [0, 0.1) is 0 Å². The number of rotatable bonds is 8. The lowest BCUT2D eigenvalue weighted by atomic mass is 10.0. The van der Waals surface area contributed by atoms with Crippen molar-refractivity contribution >= 4 is 39.9 Å². The van der Waals surface area contributed by atoms with Crippen LogP contribution < -0.4 is 10.6 Å². The molecule has 1 aliphatic heterocycles. The van der Waals surface area contributed by atoms with Gasteiger partial charge in [0.2, 0.25) is 0 Å². The van der Waals surface area contributed by atoms with Crippen LogP contribution in [0.3, 0.4) is 0 Å². The fraction of sp³-hybridized carbons (Fsp3) is 0.240. The molecule has 0 fully saturated rings. The zero-order valence-electron chi connectivity index (χ0n) is 18.3. The normalized spacial score (nSPS) is 13.7. The molecule has 0 aliphatic carbocycles. The van der Waals surface area contributed by atoms with Crippen molar-refractivity contribution in [3.8, 4) is 0 Å². The number of hydrogen-bond donors (Lipinski definition) is 2. The molecular weight excluding hydrogens is 384 g/mol. The lowest BCUT2D eigenvalue weighted by molar-refractivity contribution is 0.425. The molecule has 2 aromatic heterocycles. The number of aliphatic imine (C=N–C) groups is 1. The van der Waals surface area contributed by atoms with Gasteiger partial charge in [0, 0.05) is 61.0 Å². The van der Waals surface area contributed by atoms with Gasteiger partial charge in [-0.15, -0.1) is 0 Å². The number of fused-ring (bicyclic) bond motifs is 1. The topological polar surface area (TPSA) is 65.4 Å². The van der Waals surface area contributed by atoms with Gasteiger partial charge in [-0.3, -0.25) is 4.99 Å². The summed E-state index contributed by atoms with van der Waals surface area (Å²) in [5.41, 5.74) is 4.51. The molecule has 158 valence electrons. The third kappa shape index (κ3) is 5.16. The monoisotopic (exact) mass is 412 g/mol. The van der Waals surface area contributed by atoms with Crippen molar-refractivity contribution in [2.24, 2.45) is 4.99 Å². The first-order valence-electron chi connectivity index (χ1n) is 10.5. The van der Waals surface area contributed by atoms with E-state index in [1.54, 1.807) is 0 Å². The van der Waals surface area contributed by atoms with Crippen LogP contribution in [0.1, 0.15) is 24.5 Å². The molecule has 0 radical (unpaired) electrons. The van der Waals surface area contributed by atoms with Gasteiger partial charge in [-0.05, 0) is 61.8 Å². The van der Waals surface area contributed by atoms with E-state index in [0.717, 1.165) is 53.2 Å². The van der Waals surface area contributed by atoms with Crippen molar-refractivity contribution in [2.45, 2.75) is 13.3 Å². The molecule has 31 heavy (non-hydrogen) atoms. The maximum atomic E-state index is 4.61. The highest BCUT2D eigenvalue weighted by molar-refractivity contribution is 5.91. The first kappa shape index (κ1) is 20.8. The fourth-order valence-electron chi connectivity index (χ4n) is 3.50. The van der Waals surface area contributed by atoms with Crippen molar-refractivity contribution in [3.05, 3.63) is 72.2 Å². The van der Waals surface area contributed by atoms with E-state index in [9.17, 15) is 0 Å². The standard InChI is InChI=1S/C25H28N6/c1-4-23(19-8-10-27-24(14-19)28-11-12-31(2)3)30-25-15-22-13-18(21-7-9-26-16-21)5-6-20(22)17-29-25/h4-6,8-10,13-17H,7,11-12H2,1-3H3,(H,27,28)(H,29,30)/b23-4-. The predicted molar refractivity (Wildman–Crippen MR) is 131 cm³/mol. The van der Waals surface area contributed by atoms with Crippen molar-refractivity contribution < 1.29 is 0 Å². The molecule has 4 rings (SSSR count). The molecule has 0 unspecified atom stereocenters. The highest BCUT2D eigenvalue weighted by Crippen LogP contribution is 2.27. The summed E-state index contributed by atoms with van der Waals surface area (Å²) in [6.45, 7) is 3.82. The molecule has 0 saturated carbocycles. The Morgan fingerprint density at radius 1 is 1.06 bits per heavy atom. The van der Waals surface area contributed by atoms with Gasteiger partial charge in [0.15, 0.2) is 0 Å². The summed E-state index contributed by atoms with van der Waals surface area (Å²) in [5, 5.41) is 9.12. The minimum atomic E-state index is 0.813. The van der Waals surface area contributed by atoms with Crippen molar-refractivity contribution in [2.75, 3.05) is 37.8 Å². The Morgan fingerprint density at radius 2 is 1.97 bits per heavy atom. The average molecular weight is 413 g/mol. The van der Waals surface area contributed by atoms with Crippen molar-refractivity contribution in [1.82, 2.24) is 14.9 Å². The second-order valence-corrected chi connectivity index (χ2v) is 7.81. The zero-order chi connectivity index (χ0) is 21.6. The number of hydrogen-bond acceptors (Lipinski definition) is 6. The van der Waals surface area contributed by atoms with Crippen molar-refractivity contribution in [3.63, 3.8) is 0 Å². The zero-order valence-corrected chi connectivity index (χ0v) is 18.3. The summed E-state index contributed by atoms with van der Waals surface area (Å²) in [4.78, 5) is 15.4. The summed E-state index contributed by atoms with van der Waals surface area (Å²) in [7, 11) is 4.12. The number of nitrogens with one attached hydrogen (secondary N) is 2. The van der Waals surface area contributed by atoms with Gasteiger partial charge in [0.25, 0.3) is 0 Å². The molecule has 3 aromatic rings. The second-order valence-electron chi connectivity index (χ2n) is 7.81. The Bertz CT molecular complexity index is 1160. The average Bonchev–Trinajstić information content (AvgIpc) is 3.32. The summed E-state index contributed by atoms with van der Waals surface area (Å²) in [5.74, 6) is 1.68. The van der Waals surface area contributed by atoms with Crippen LogP contribution in [0.2, 0.25) is 0 Å². The summed E-state index contributed by atoms with van der Waals surface area (Å²) < 4.78 is 0. The van der Waals surface area contributed by atoms with Gasteiger partial charge in [-0.2, -0.15) is 0 Å². The number of pyridine rings is 2. The number of allylic oxidation sites excluding steroid dienone is 2. The minimum Gasteiger partial charge on any atom is -0.369 e. The smallest absolute Gasteiger partial charge is 0.130 e. The van der Waals surface area contributed by atoms with Crippen LogP contribution in [0.4, 0.5) is 11.6 Å². The molecule has 0 bridgehead atoms. The Labute approximate surface area is 183 Å². The molecule has 0 saturated heterocycles. The Hall–Kier alpha value is -3.51. The van der Waals surface area contributed by atoms with Gasteiger partial charge < -0.3 is 15.5 Å². The highest BCUT2D eigenvalue weighted by atomic mass is 15.1. The molecule has 3 heterocycles. The lowest BCUT2D eigenvalue weighted by Crippen LogP contribution is -2.21. The van der Waals surface area contributed by atoms with Crippen LogP contribution in [0.5, 0.6) is 0 Å². The molecule has 0 amide bonds. The minimum absolute atomic E-state index is 0.813. The van der Waals surface area contributed by atoms with Gasteiger partial charge >= 0.3 is 0 Å². The van der Waals surface area contributed by atoms with E-state index in [1.807, 2.05) is 37.8 Å². The van der Waals surface area contributed by atoms with E-state index in [1.165, 1.54) is 11.1 Å². The molecule has 6 heteroatoms. The molecule has 2 N–H and O–H groups in total. The lowest BCUT2D eigenvalue weighted by Gasteiger charge is -2.14. The second kappa shape index (κ2) is 9.53. The van der Waals surface area contributed by atoms with Gasteiger partial charge in [0.1, 0.15) is 11.6 Å². The molecule has 1 aromatic carbocycles. The molecule has 6 nitrogen and oxygen atoms in total. The maximum Gasteiger partial charge on any atom is 0.130 e. The van der Waals surface area contributed by atoms with Gasteiger partial charge in [0.05, 0.1) is 0 Å². The van der Waals surface area contributed by atoms with E-state index in [0.29, 0.717) is 0 Å². The molecule has 0 atom stereocenters. The van der Waals surface area contributed by atoms with Crippen LogP contribution in [0.25, 0.3) is 22.0 Å². The fourth-order valence-corrected chi connectivity index (χ4v) is 3.50. The summed E-state index contributed by atoms with van der Waals surface area (Å²) >= 11 is 0. The number of anilines is 2. The van der Waals surface area contributed by atoms with Gasteiger partial charge in [-0.1, -0.05) is 18.2 Å². The summed E-state index contributed by atoms with van der Waals surface area (Å²) in [6, 6.07) is 12.6. The van der Waals surface area contributed by atoms with Crippen LogP contribution in [-0.4, -0.2) is 48.3 Å². The Morgan fingerprint density at radius 3 is 2.74 bits per heavy atom. The predicted octanol–water partition coefficient (Wildman–Crippen LogP) is 4.89. The third-order valence-corrected chi connectivity index (χ3v) is 5.23. The van der Waals surface area contributed by atoms with Crippen LogP contribution in [0.15, 0.2) is 66.1 Å². The maximum absolute atomic E-state index is 4.61. The van der Waals surface area contributed by atoms with Crippen LogP contribution >= 0.6 is 0 Å². The van der Waals surface area contributed by atoms with E-state index in [4.69, 9.17) is 0 Å². The molecule has 1 aliphatic rings. The first-order chi connectivity index (χ1) is 15.1. The number of benzene rings is 1. The van der Waals surface area contributed by atoms with E-state index < -0.39 is 0 Å². The quantitative estimate of drug-likeness (QED) is 0.551. The van der Waals surface area contributed by atoms with E-state index >= 15 is 0 Å². The van der Waals surface area contributed by atoms with E-state index in [-0.39, 0.29) is 0 Å². The number of aromatic nitrogens is 2. The van der Waals surface area contributed by atoms with Gasteiger partial charge in [-0.25, -0.2) is 9.97 Å². The largest absolute Gasteiger partial charge is 0.369 e. The van der Waals surface area contributed by atoms with E-state index in [2.05, 4.69) is 81.0 Å². The number of likely N-dealkylation sites (N-methyl/N-ethyl adjacent to an activating group) is 1. The Balaban J connectivity index is 1.53. The van der Waals surface area contributed by atoms with Crippen LogP contribution in [-0.2, 0) is 0 Å². The van der Waals surface area contributed by atoms with Crippen molar-refractivity contribution in [1.29, 1.82) is 0 Å². The highest BCUT2D eigenvalue weighted by Gasteiger charge is 2.08. The SMILES string of the molecule is C/C=C(\Nc1cc2cc(C3=CN=CC3)ccc2cn1)c1ccnc(NCCN(C)C)c1. The third-order valence-electron chi connectivity index (χ3n) is 5.23. The molecular formula is C25H28N6. The molecule has 0 spiro atoms. The first-order valence-corrected chi connectivity index (χ1v) is 10.5. The number of nitrogens with zero attached hydrogens (tertiary/aromatic N) is 4.